The summed E-state index contributed by atoms with van der Waals surface area (Å²) in [6, 6.07) is 24.6. The van der Waals surface area contributed by atoms with Crippen molar-refractivity contribution in [2.75, 3.05) is 0 Å². The lowest BCUT2D eigenvalue weighted by atomic mass is 9.65. The molecule has 6 rings (SSSR count). The van der Waals surface area contributed by atoms with Gasteiger partial charge in [-0.15, -0.1) is 0 Å². The van der Waals surface area contributed by atoms with E-state index in [1.807, 2.05) is 24.7 Å². The lowest BCUT2D eigenvalue weighted by Crippen LogP contribution is -2.28. The second-order valence-electron chi connectivity index (χ2n) is 14.2. The number of hydrogen-bond acceptors (Lipinski definition) is 2. The molecule has 2 aromatic carbocycles. The van der Waals surface area contributed by atoms with Crippen molar-refractivity contribution in [2.45, 2.75) is 91.9 Å². The SMILES string of the molecule is CCCCC(CC)C(/C(C)=C(/CCC)C(C)C1C=CC(c2cccnc2-c2cccnc2)=C2C=CCCC21)c1ccc2ccccc2c1. The van der Waals surface area contributed by atoms with E-state index in [2.05, 4.69) is 125 Å². The van der Waals surface area contributed by atoms with Crippen molar-refractivity contribution in [1.82, 2.24) is 9.97 Å². The molecule has 2 aliphatic rings. The Labute approximate surface area is 289 Å². The molecule has 0 N–H and O–H groups in total. The van der Waals surface area contributed by atoms with E-state index in [4.69, 9.17) is 4.98 Å². The van der Waals surface area contributed by atoms with E-state index in [-0.39, 0.29) is 0 Å². The highest BCUT2D eigenvalue weighted by atomic mass is 14.7. The molecule has 2 nitrogen and oxygen atoms in total. The molecule has 4 aromatic rings. The molecule has 2 aromatic heterocycles. The first-order valence-electron chi connectivity index (χ1n) is 18.7. The molecule has 0 fully saturated rings. The molecule has 0 saturated carbocycles. The second kappa shape index (κ2) is 15.9. The first-order valence-corrected chi connectivity index (χ1v) is 18.7. The topological polar surface area (TPSA) is 25.8 Å². The lowest BCUT2D eigenvalue weighted by Gasteiger charge is -2.39. The molecule has 0 bridgehead atoms. The minimum absolute atomic E-state index is 0.442. The quantitative estimate of drug-likeness (QED) is 0.137. The first kappa shape index (κ1) is 33.8. The van der Waals surface area contributed by atoms with E-state index in [9.17, 15) is 0 Å². The van der Waals surface area contributed by atoms with Crippen LogP contribution >= 0.6 is 0 Å². The first-order chi connectivity index (χ1) is 23.5. The maximum absolute atomic E-state index is 4.86. The summed E-state index contributed by atoms with van der Waals surface area (Å²) in [4.78, 5) is 9.27. The number of benzene rings is 2. The van der Waals surface area contributed by atoms with Gasteiger partial charge in [0.1, 0.15) is 0 Å². The van der Waals surface area contributed by atoms with Crippen molar-refractivity contribution in [3.63, 3.8) is 0 Å². The predicted molar refractivity (Wildman–Crippen MR) is 206 cm³/mol. The van der Waals surface area contributed by atoms with Gasteiger partial charge in [-0.3, -0.25) is 9.97 Å². The molecular formula is C46H54N2. The van der Waals surface area contributed by atoms with Gasteiger partial charge in [0.15, 0.2) is 0 Å². The highest BCUT2D eigenvalue weighted by Crippen LogP contribution is 2.49. The molecule has 5 unspecified atom stereocenters. The largest absolute Gasteiger partial charge is 0.264 e. The van der Waals surface area contributed by atoms with Crippen LogP contribution in [0.25, 0.3) is 27.6 Å². The number of fused-ring (bicyclic) bond motifs is 2. The smallest absolute Gasteiger partial charge is 0.0795 e. The van der Waals surface area contributed by atoms with Crippen molar-refractivity contribution in [3.8, 4) is 11.3 Å². The average molecular weight is 635 g/mol. The third-order valence-corrected chi connectivity index (χ3v) is 11.3. The Hall–Kier alpha value is -4.04. The van der Waals surface area contributed by atoms with E-state index in [1.54, 1.807) is 11.1 Å². The summed E-state index contributed by atoms with van der Waals surface area (Å²) in [5.74, 6) is 2.51. The number of nitrogens with zero attached hydrogens (tertiary/aromatic N) is 2. The van der Waals surface area contributed by atoms with Gasteiger partial charge in [0.2, 0.25) is 0 Å². The summed E-state index contributed by atoms with van der Waals surface area (Å²) < 4.78 is 0. The Balaban J connectivity index is 1.41. The third kappa shape index (κ3) is 7.05. The van der Waals surface area contributed by atoms with Crippen LogP contribution in [0.1, 0.15) is 103 Å². The van der Waals surface area contributed by atoms with E-state index in [0.717, 1.165) is 24.1 Å². The van der Waals surface area contributed by atoms with Crippen molar-refractivity contribution in [3.05, 3.63) is 137 Å². The number of hydrogen-bond donors (Lipinski definition) is 0. The third-order valence-electron chi connectivity index (χ3n) is 11.3. The van der Waals surface area contributed by atoms with Crippen LogP contribution in [0, 0.1) is 23.7 Å². The standard InChI is InChI=1S/C46H54N2/c1-6-9-17-34(8-3)45(37-25-24-35-18-10-11-19-36(35)30-37)33(5)39(16-7-2)32(4)40-26-27-43(42-22-13-12-21-41(40)42)44-23-15-29-48-46(44)38-20-14-28-47-31-38/h10-11,13-15,18-20,22-32,34,40-41,45H,6-9,12,16-17,21H2,1-5H3/b39-33-. The van der Waals surface area contributed by atoms with Gasteiger partial charge in [-0.05, 0) is 102 Å². The van der Waals surface area contributed by atoms with Crippen LogP contribution < -0.4 is 0 Å². The van der Waals surface area contributed by atoms with Crippen LogP contribution in [0.15, 0.2) is 126 Å². The minimum atomic E-state index is 0.442. The summed E-state index contributed by atoms with van der Waals surface area (Å²) in [5, 5.41) is 2.69. The van der Waals surface area contributed by atoms with E-state index >= 15 is 0 Å². The van der Waals surface area contributed by atoms with Crippen molar-refractivity contribution < 1.29 is 0 Å². The van der Waals surface area contributed by atoms with Crippen molar-refractivity contribution in [2.24, 2.45) is 23.7 Å². The van der Waals surface area contributed by atoms with Crippen LogP contribution in [0.2, 0.25) is 0 Å². The van der Waals surface area contributed by atoms with Crippen LogP contribution in [0.5, 0.6) is 0 Å². The summed E-state index contributed by atoms with van der Waals surface area (Å²) in [7, 11) is 0. The maximum atomic E-state index is 4.86. The molecule has 0 aliphatic heterocycles. The zero-order valence-corrected chi connectivity index (χ0v) is 29.8. The van der Waals surface area contributed by atoms with Crippen LogP contribution in [-0.2, 0) is 0 Å². The molecule has 2 heteroatoms. The van der Waals surface area contributed by atoms with E-state index < -0.39 is 0 Å². The highest BCUT2D eigenvalue weighted by Gasteiger charge is 2.36. The molecule has 2 heterocycles. The fourth-order valence-corrected chi connectivity index (χ4v) is 8.84. The summed E-state index contributed by atoms with van der Waals surface area (Å²) in [5.41, 5.74) is 10.9. The number of rotatable bonds is 13. The molecular weight excluding hydrogens is 581 g/mol. The molecule has 0 saturated heterocycles. The van der Waals surface area contributed by atoms with Gasteiger partial charge in [-0.25, -0.2) is 0 Å². The van der Waals surface area contributed by atoms with Crippen molar-refractivity contribution in [1.29, 1.82) is 0 Å². The zero-order valence-electron chi connectivity index (χ0n) is 29.8. The minimum Gasteiger partial charge on any atom is -0.264 e. The Morgan fingerprint density at radius 2 is 1.73 bits per heavy atom. The van der Waals surface area contributed by atoms with E-state index in [1.165, 1.54) is 71.6 Å². The number of unbranched alkanes of at least 4 members (excludes halogenated alkanes) is 1. The van der Waals surface area contributed by atoms with Gasteiger partial charge in [0, 0.05) is 35.6 Å². The van der Waals surface area contributed by atoms with Gasteiger partial charge in [-0.2, -0.15) is 0 Å². The lowest BCUT2D eigenvalue weighted by molar-refractivity contribution is 0.333. The zero-order chi connectivity index (χ0) is 33.5. The Morgan fingerprint density at radius 1 is 0.896 bits per heavy atom. The van der Waals surface area contributed by atoms with Crippen LogP contribution in [-0.4, -0.2) is 9.97 Å². The van der Waals surface area contributed by atoms with E-state index in [0.29, 0.717) is 29.6 Å². The van der Waals surface area contributed by atoms with Crippen LogP contribution in [0.3, 0.4) is 0 Å². The molecule has 5 atom stereocenters. The molecule has 0 spiro atoms. The Bertz CT molecular complexity index is 1810. The Kier molecular flexibility index (Phi) is 11.2. The summed E-state index contributed by atoms with van der Waals surface area (Å²) >= 11 is 0. The molecule has 248 valence electrons. The predicted octanol–water partition coefficient (Wildman–Crippen LogP) is 13.0. The van der Waals surface area contributed by atoms with Gasteiger partial charge in [-0.1, -0.05) is 137 Å². The van der Waals surface area contributed by atoms with Crippen molar-refractivity contribution >= 4 is 16.3 Å². The van der Waals surface area contributed by atoms with Gasteiger partial charge in [0.05, 0.1) is 5.69 Å². The monoisotopic (exact) mass is 634 g/mol. The van der Waals surface area contributed by atoms with Gasteiger partial charge in [0.25, 0.3) is 0 Å². The maximum Gasteiger partial charge on any atom is 0.0795 e. The number of allylic oxidation sites excluding steroid dienone is 8. The fraction of sp³-hybridized carbons (Fsp3) is 0.391. The number of aromatic nitrogens is 2. The molecule has 48 heavy (non-hydrogen) atoms. The van der Waals surface area contributed by atoms with Crippen LogP contribution in [0.4, 0.5) is 0 Å². The fourth-order valence-electron chi connectivity index (χ4n) is 8.84. The Morgan fingerprint density at radius 3 is 2.50 bits per heavy atom. The highest BCUT2D eigenvalue weighted by molar-refractivity contribution is 5.87. The second-order valence-corrected chi connectivity index (χ2v) is 14.2. The summed E-state index contributed by atoms with van der Waals surface area (Å²) in [6.45, 7) is 12.2. The molecule has 2 aliphatic carbocycles. The normalized spacial score (nSPS) is 19.9. The van der Waals surface area contributed by atoms with Gasteiger partial charge >= 0.3 is 0 Å². The molecule has 0 radical (unpaired) electrons. The summed E-state index contributed by atoms with van der Waals surface area (Å²) in [6.07, 6.45) is 25.2. The van der Waals surface area contributed by atoms with Gasteiger partial charge < -0.3 is 0 Å². The number of pyridine rings is 2. The molecule has 0 amide bonds. The average Bonchev–Trinajstić information content (AvgIpc) is 3.14.